The van der Waals surface area contributed by atoms with Gasteiger partial charge in [-0.05, 0) is 12.8 Å². The van der Waals surface area contributed by atoms with E-state index in [-0.39, 0.29) is 0 Å². The van der Waals surface area contributed by atoms with Gasteiger partial charge in [-0.25, -0.2) is 0 Å². The smallest absolute Gasteiger partial charge is 0.206 e. The Morgan fingerprint density at radius 2 is 2.29 bits per heavy atom. The summed E-state index contributed by atoms with van der Waals surface area (Å²) in [6, 6.07) is 0.644. The number of morpholine rings is 1. The summed E-state index contributed by atoms with van der Waals surface area (Å²) in [5, 5.41) is 12.8. The van der Waals surface area contributed by atoms with Crippen LogP contribution in [0.5, 0.6) is 0 Å². The summed E-state index contributed by atoms with van der Waals surface area (Å²) >= 11 is 3.45. The Morgan fingerprint density at radius 3 is 3.05 bits per heavy atom. The maximum atomic E-state index is 5.89. The van der Waals surface area contributed by atoms with Gasteiger partial charge >= 0.3 is 0 Å². The zero-order valence-corrected chi connectivity index (χ0v) is 14.4. The summed E-state index contributed by atoms with van der Waals surface area (Å²) in [7, 11) is 0. The number of nitrogens with zero attached hydrogens (tertiary/aromatic N) is 2. The van der Waals surface area contributed by atoms with Crippen LogP contribution in [-0.4, -0.2) is 54.3 Å². The third-order valence-corrected chi connectivity index (χ3v) is 5.85. The minimum absolute atomic E-state index is 0.348. The number of aromatic nitrogens is 2. The SMILES string of the molecule is CC(C)C[NH+]1CCO[C@H](CSc2nnc(NC3CC3)s2)C1. The molecule has 2 heterocycles. The van der Waals surface area contributed by atoms with Gasteiger partial charge in [0.2, 0.25) is 5.13 Å². The van der Waals surface area contributed by atoms with E-state index in [9.17, 15) is 0 Å². The lowest BCUT2D eigenvalue weighted by Crippen LogP contribution is -3.15. The lowest BCUT2D eigenvalue weighted by atomic mass is 10.2. The molecule has 1 saturated heterocycles. The van der Waals surface area contributed by atoms with E-state index in [2.05, 4.69) is 29.4 Å². The van der Waals surface area contributed by atoms with Crippen molar-refractivity contribution in [3.05, 3.63) is 0 Å². The molecule has 3 rings (SSSR count). The van der Waals surface area contributed by atoms with Gasteiger partial charge in [0.1, 0.15) is 19.2 Å². The fourth-order valence-electron chi connectivity index (χ4n) is 2.62. The molecule has 1 unspecified atom stereocenters. The zero-order valence-electron chi connectivity index (χ0n) is 12.8. The molecule has 1 aromatic heterocycles. The average Bonchev–Trinajstić information content (AvgIpc) is 3.13. The van der Waals surface area contributed by atoms with Crippen LogP contribution in [0.4, 0.5) is 5.13 Å². The highest BCUT2D eigenvalue weighted by atomic mass is 32.2. The molecule has 0 aromatic carbocycles. The molecular formula is C14H25N4OS2+. The quantitative estimate of drug-likeness (QED) is 0.735. The lowest BCUT2D eigenvalue weighted by molar-refractivity contribution is -0.914. The second-order valence-corrected chi connectivity index (χ2v) is 8.64. The first-order chi connectivity index (χ1) is 10.2. The summed E-state index contributed by atoms with van der Waals surface area (Å²) in [4.78, 5) is 1.68. The highest BCUT2D eigenvalue weighted by Gasteiger charge is 2.25. The molecule has 21 heavy (non-hydrogen) atoms. The standard InChI is InChI=1S/C14H24N4OS2/c1-10(2)7-18-5-6-19-12(8-18)9-20-14-17-16-13(21-14)15-11-3-4-11/h10-12H,3-9H2,1-2H3,(H,15,16)/p+1/t12-/m0/s1. The average molecular weight is 330 g/mol. The molecular weight excluding hydrogens is 304 g/mol. The predicted octanol–water partition coefficient (Wildman–Crippen LogP) is 1.14. The maximum absolute atomic E-state index is 5.89. The second kappa shape index (κ2) is 7.26. The third-order valence-electron chi connectivity index (χ3n) is 3.73. The van der Waals surface area contributed by atoms with E-state index in [1.807, 2.05) is 0 Å². The van der Waals surface area contributed by atoms with Crippen LogP contribution in [0.2, 0.25) is 0 Å². The van der Waals surface area contributed by atoms with Gasteiger partial charge in [0.15, 0.2) is 4.34 Å². The van der Waals surface area contributed by atoms with Crippen molar-refractivity contribution in [2.24, 2.45) is 5.92 Å². The highest BCUT2D eigenvalue weighted by Crippen LogP contribution is 2.30. The van der Waals surface area contributed by atoms with Crippen LogP contribution in [0.25, 0.3) is 0 Å². The number of hydrogen-bond donors (Lipinski definition) is 2. The number of thioether (sulfide) groups is 1. The Balaban J connectivity index is 1.42. The first kappa shape index (κ1) is 15.5. The molecule has 2 N–H and O–H groups in total. The number of quaternary nitrogens is 1. The Labute approximate surface area is 134 Å². The molecule has 0 spiro atoms. The first-order valence-corrected chi connectivity index (χ1v) is 9.67. The van der Waals surface area contributed by atoms with Crippen molar-refractivity contribution < 1.29 is 9.64 Å². The number of nitrogens with one attached hydrogen (secondary N) is 2. The van der Waals surface area contributed by atoms with Crippen molar-refractivity contribution in [1.29, 1.82) is 0 Å². The second-order valence-electron chi connectivity index (χ2n) is 6.40. The first-order valence-electron chi connectivity index (χ1n) is 7.87. The molecule has 2 atom stereocenters. The predicted molar refractivity (Wildman–Crippen MR) is 87.4 cm³/mol. The molecule has 7 heteroatoms. The minimum Gasteiger partial charge on any atom is -0.366 e. The number of ether oxygens (including phenoxy) is 1. The normalized spacial score (nSPS) is 26.2. The van der Waals surface area contributed by atoms with E-state index in [0.717, 1.165) is 40.8 Å². The van der Waals surface area contributed by atoms with Crippen molar-refractivity contribution in [2.75, 3.05) is 37.3 Å². The van der Waals surface area contributed by atoms with Crippen LogP contribution in [-0.2, 0) is 4.74 Å². The summed E-state index contributed by atoms with van der Waals surface area (Å²) in [5.41, 5.74) is 0. The van der Waals surface area contributed by atoms with Gasteiger partial charge in [0, 0.05) is 17.7 Å². The Bertz CT molecular complexity index is 450. The lowest BCUT2D eigenvalue weighted by Gasteiger charge is -2.30. The van der Waals surface area contributed by atoms with Gasteiger partial charge in [-0.15, -0.1) is 10.2 Å². The van der Waals surface area contributed by atoms with Crippen LogP contribution < -0.4 is 10.2 Å². The molecule has 118 valence electrons. The number of anilines is 1. The third kappa shape index (κ3) is 5.09. The molecule has 0 radical (unpaired) electrons. The highest BCUT2D eigenvalue weighted by molar-refractivity contribution is 8.01. The number of hydrogen-bond acceptors (Lipinski definition) is 6. The Morgan fingerprint density at radius 1 is 1.43 bits per heavy atom. The molecule has 2 fully saturated rings. The van der Waals surface area contributed by atoms with Crippen molar-refractivity contribution >= 4 is 28.2 Å². The largest absolute Gasteiger partial charge is 0.366 e. The van der Waals surface area contributed by atoms with Crippen molar-refractivity contribution in [3.8, 4) is 0 Å². The van der Waals surface area contributed by atoms with Crippen LogP contribution in [0.3, 0.4) is 0 Å². The molecule has 0 bridgehead atoms. The van der Waals surface area contributed by atoms with Crippen LogP contribution in [0.1, 0.15) is 26.7 Å². The minimum atomic E-state index is 0.348. The fourth-order valence-corrected chi connectivity index (χ4v) is 4.49. The Kier molecular flexibility index (Phi) is 5.37. The van der Waals surface area contributed by atoms with Crippen LogP contribution in [0, 0.1) is 5.92 Å². The van der Waals surface area contributed by atoms with Gasteiger partial charge in [-0.2, -0.15) is 0 Å². The van der Waals surface area contributed by atoms with Gasteiger partial charge in [-0.1, -0.05) is 36.9 Å². The zero-order chi connectivity index (χ0) is 14.7. The molecule has 1 aromatic rings. The molecule has 1 saturated carbocycles. The number of rotatable bonds is 7. The fraction of sp³-hybridized carbons (Fsp3) is 0.857. The molecule has 2 aliphatic rings. The molecule has 1 aliphatic carbocycles. The van der Waals surface area contributed by atoms with Gasteiger partial charge in [-0.3, -0.25) is 0 Å². The summed E-state index contributed by atoms with van der Waals surface area (Å²) in [6.45, 7) is 8.99. The summed E-state index contributed by atoms with van der Waals surface area (Å²) < 4.78 is 6.95. The van der Waals surface area contributed by atoms with Crippen molar-refractivity contribution in [1.82, 2.24) is 10.2 Å². The molecule has 1 aliphatic heterocycles. The van der Waals surface area contributed by atoms with Gasteiger partial charge < -0.3 is 15.0 Å². The van der Waals surface area contributed by atoms with E-state index in [1.54, 1.807) is 28.0 Å². The summed E-state index contributed by atoms with van der Waals surface area (Å²) in [5.74, 6) is 1.74. The molecule has 5 nitrogen and oxygen atoms in total. The molecule has 0 amide bonds. The van der Waals surface area contributed by atoms with Crippen molar-refractivity contribution in [3.63, 3.8) is 0 Å². The van der Waals surface area contributed by atoms with E-state index in [4.69, 9.17) is 4.74 Å². The van der Waals surface area contributed by atoms with Gasteiger partial charge in [0.25, 0.3) is 0 Å². The van der Waals surface area contributed by atoms with E-state index in [1.165, 1.54) is 19.4 Å². The van der Waals surface area contributed by atoms with Crippen molar-refractivity contribution in [2.45, 2.75) is 43.2 Å². The van der Waals surface area contributed by atoms with E-state index < -0.39 is 0 Å². The topological polar surface area (TPSA) is 51.5 Å². The van der Waals surface area contributed by atoms with E-state index in [0.29, 0.717) is 12.1 Å². The van der Waals surface area contributed by atoms with E-state index >= 15 is 0 Å². The van der Waals surface area contributed by atoms with Gasteiger partial charge in [0.05, 0.1) is 13.2 Å². The maximum Gasteiger partial charge on any atom is 0.206 e. The summed E-state index contributed by atoms with van der Waals surface area (Å²) in [6.07, 6.45) is 2.89. The van der Waals surface area contributed by atoms with Crippen LogP contribution in [0.15, 0.2) is 4.34 Å². The monoisotopic (exact) mass is 329 g/mol. The van der Waals surface area contributed by atoms with Crippen LogP contribution >= 0.6 is 23.1 Å². The Hall–Kier alpha value is -0.370.